The molecule has 1 fully saturated rings. The Morgan fingerprint density at radius 3 is 3.14 bits per heavy atom. The van der Waals surface area contributed by atoms with Crippen LogP contribution in [0.4, 0.5) is 11.4 Å². The SMILES string of the molecule is CC(C)CNc1c[nH]c2nccc(N3CCC[C@@H](N)C3)c12. The first-order valence-electron chi connectivity index (χ1n) is 7.85. The van der Waals surface area contributed by atoms with Crippen LogP contribution in [-0.2, 0) is 0 Å². The van der Waals surface area contributed by atoms with Crippen molar-refractivity contribution < 1.29 is 0 Å². The lowest BCUT2D eigenvalue weighted by molar-refractivity contribution is 0.507. The van der Waals surface area contributed by atoms with Crippen molar-refractivity contribution in [3.05, 3.63) is 18.5 Å². The Bertz CT molecular complexity index is 604. The normalized spacial score (nSPS) is 19.4. The largest absolute Gasteiger partial charge is 0.383 e. The predicted octanol–water partition coefficient (Wildman–Crippen LogP) is 2.56. The number of hydrogen-bond acceptors (Lipinski definition) is 4. The molecule has 2 aromatic rings. The topological polar surface area (TPSA) is 70.0 Å². The maximum absolute atomic E-state index is 6.14. The number of anilines is 2. The van der Waals surface area contributed by atoms with Crippen molar-refractivity contribution >= 4 is 22.4 Å². The smallest absolute Gasteiger partial charge is 0.141 e. The van der Waals surface area contributed by atoms with Crippen LogP contribution in [0.1, 0.15) is 26.7 Å². The molecule has 5 nitrogen and oxygen atoms in total. The average Bonchev–Trinajstić information content (AvgIpc) is 2.88. The molecular weight excluding hydrogens is 262 g/mol. The molecule has 0 aliphatic carbocycles. The van der Waals surface area contributed by atoms with Gasteiger partial charge < -0.3 is 20.9 Å². The zero-order valence-electron chi connectivity index (χ0n) is 12.9. The summed E-state index contributed by atoms with van der Waals surface area (Å²) in [7, 11) is 0. The van der Waals surface area contributed by atoms with Crippen LogP contribution in [0, 0.1) is 5.92 Å². The number of H-pyrrole nitrogens is 1. The minimum absolute atomic E-state index is 0.271. The minimum Gasteiger partial charge on any atom is -0.383 e. The lowest BCUT2D eigenvalue weighted by Crippen LogP contribution is -2.42. The lowest BCUT2D eigenvalue weighted by atomic mass is 10.1. The molecule has 0 saturated carbocycles. The molecule has 4 N–H and O–H groups in total. The molecule has 2 aromatic heterocycles. The summed E-state index contributed by atoms with van der Waals surface area (Å²) in [5.74, 6) is 0.610. The Labute approximate surface area is 125 Å². The van der Waals surface area contributed by atoms with Gasteiger partial charge in [0.1, 0.15) is 5.65 Å². The third kappa shape index (κ3) is 2.97. The zero-order valence-corrected chi connectivity index (χ0v) is 12.9. The third-order valence-corrected chi connectivity index (χ3v) is 4.05. The Hall–Kier alpha value is -1.75. The average molecular weight is 287 g/mol. The molecular formula is C16H25N5. The van der Waals surface area contributed by atoms with Crippen molar-refractivity contribution in [2.75, 3.05) is 29.9 Å². The summed E-state index contributed by atoms with van der Waals surface area (Å²) in [6, 6.07) is 2.38. The van der Waals surface area contributed by atoms with Gasteiger partial charge in [0, 0.05) is 38.1 Å². The monoisotopic (exact) mass is 287 g/mol. The molecule has 1 aliphatic rings. The molecule has 0 bridgehead atoms. The molecule has 3 heterocycles. The van der Waals surface area contributed by atoms with Gasteiger partial charge in [-0.25, -0.2) is 4.98 Å². The van der Waals surface area contributed by atoms with Crippen LogP contribution in [0.25, 0.3) is 11.0 Å². The quantitative estimate of drug-likeness (QED) is 0.808. The highest BCUT2D eigenvalue weighted by atomic mass is 15.2. The first-order valence-corrected chi connectivity index (χ1v) is 7.85. The molecule has 0 unspecified atom stereocenters. The van der Waals surface area contributed by atoms with E-state index in [0.29, 0.717) is 5.92 Å². The van der Waals surface area contributed by atoms with E-state index in [1.54, 1.807) is 0 Å². The van der Waals surface area contributed by atoms with Crippen molar-refractivity contribution in [3.63, 3.8) is 0 Å². The molecule has 1 atom stereocenters. The number of hydrogen-bond donors (Lipinski definition) is 3. The highest BCUT2D eigenvalue weighted by Gasteiger charge is 2.20. The molecule has 0 radical (unpaired) electrons. The second-order valence-electron chi connectivity index (χ2n) is 6.38. The number of piperidine rings is 1. The number of rotatable bonds is 4. The number of fused-ring (bicyclic) bond motifs is 1. The van der Waals surface area contributed by atoms with E-state index in [1.807, 2.05) is 12.4 Å². The van der Waals surface area contributed by atoms with Crippen molar-refractivity contribution in [1.82, 2.24) is 9.97 Å². The fourth-order valence-corrected chi connectivity index (χ4v) is 2.99. The number of nitrogens with one attached hydrogen (secondary N) is 2. The summed E-state index contributed by atoms with van der Waals surface area (Å²) in [5.41, 5.74) is 9.46. The number of nitrogens with two attached hydrogens (primary N) is 1. The van der Waals surface area contributed by atoms with Gasteiger partial charge >= 0.3 is 0 Å². The number of aromatic amines is 1. The fraction of sp³-hybridized carbons (Fsp3) is 0.562. The second kappa shape index (κ2) is 5.93. The number of nitrogens with zero attached hydrogens (tertiary/aromatic N) is 2. The van der Waals surface area contributed by atoms with Gasteiger partial charge in [0.2, 0.25) is 0 Å². The van der Waals surface area contributed by atoms with E-state index in [0.717, 1.165) is 43.8 Å². The molecule has 0 aromatic carbocycles. The summed E-state index contributed by atoms with van der Waals surface area (Å²) in [6.07, 6.45) is 6.18. The van der Waals surface area contributed by atoms with Crippen LogP contribution in [-0.4, -0.2) is 35.6 Å². The first-order chi connectivity index (χ1) is 10.1. The van der Waals surface area contributed by atoms with Crippen LogP contribution < -0.4 is 16.0 Å². The predicted molar refractivity (Wildman–Crippen MR) is 88.8 cm³/mol. The Balaban J connectivity index is 1.95. The molecule has 0 spiro atoms. The fourth-order valence-electron chi connectivity index (χ4n) is 2.99. The van der Waals surface area contributed by atoms with Gasteiger partial charge in [-0.15, -0.1) is 0 Å². The van der Waals surface area contributed by atoms with Crippen molar-refractivity contribution in [2.24, 2.45) is 11.7 Å². The van der Waals surface area contributed by atoms with Crippen LogP contribution in [0.5, 0.6) is 0 Å². The van der Waals surface area contributed by atoms with E-state index in [9.17, 15) is 0 Å². The number of pyridine rings is 1. The van der Waals surface area contributed by atoms with Gasteiger partial charge in [-0.1, -0.05) is 13.8 Å². The Morgan fingerprint density at radius 1 is 1.52 bits per heavy atom. The maximum atomic E-state index is 6.14. The van der Waals surface area contributed by atoms with Gasteiger partial charge in [0.25, 0.3) is 0 Å². The molecule has 1 aliphatic heterocycles. The van der Waals surface area contributed by atoms with E-state index >= 15 is 0 Å². The first kappa shape index (κ1) is 14.2. The third-order valence-electron chi connectivity index (χ3n) is 4.05. The van der Waals surface area contributed by atoms with Gasteiger partial charge in [0.05, 0.1) is 16.8 Å². The van der Waals surface area contributed by atoms with E-state index in [4.69, 9.17) is 5.73 Å². The molecule has 1 saturated heterocycles. The summed E-state index contributed by atoms with van der Waals surface area (Å²) in [6.45, 7) is 7.38. The van der Waals surface area contributed by atoms with Crippen LogP contribution >= 0.6 is 0 Å². The summed E-state index contributed by atoms with van der Waals surface area (Å²) >= 11 is 0. The summed E-state index contributed by atoms with van der Waals surface area (Å²) in [5, 5.41) is 4.72. The van der Waals surface area contributed by atoms with Crippen molar-refractivity contribution in [1.29, 1.82) is 0 Å². The Kier molecular flexibility index (Phi) is 4.01. The minimum atomic E-state index is 0.271. The molecule has 5 heteroatoms. The maximum Gasteiger partial charge on any atom is 0.141 e. The zero-order chi connectivity index (χ0) is 14.8. The van der Waals surface area contributed by atoms with Crippen LogP contribution in [0.3, 0.4) is 0 Å². The molecule has 21 heavy (non-hydrogen) atoms. The van der Waals surface area contributed by atoms with E-state index in [-0.39, 0.29) is 6.04 Å². The molecule has 114 valence electrons. The van der Waals surface area contributed by atoms with Crippen molar-refractivity contribution in [3.8, 4) is 0 Å². The highest BCUT2D eigenvalue weighted by molar-refractivity contribution is 6.00. The summed E-state index contributed by atoms with van der Waals surface area (Å²) < 4.78 is 0. The molecule has 3 rings (SSSR count). The van der Waals surface area contributed by atoms with Crippen molar-refractivity contribution in [2.45, 2.75) is 32.7 Å². The van der Waals surface area contributed by atoms with Gasteiger partial charge in [-0.2, -0.15) is 0 Å². The summed E-state index contributed by atoms with van der Waals surface area (Å²) in [4.78, 5) is 10.1. The lowest BCUT2D eigenvalue weighted by Gasteiger charge is -2.33. The van der Waals surface area contributed by atoms with Crippen LogP contribution in [0.15, 0.2) is 18.5 Å². The van der Waals surface area contributed by atoms with Gasteiger partial charge in [0.15, 0.2) is 0 Å². The number of aromatic nitrogens is 2. The van der Waals surface area contributed by atoms with E-state index in [1.165, 1.54) is 11.1 Å². The molecule has 0 amide bonds. The van der Waals surface area contributed by atoms with E-state index < -0.39 is 0 Å². The van der Waals surface area contributed by atoms with Gasteiger partial charge in [-0.3, -0.25) is 0 Å². The Morgan fingerprint density at radius 2 is 2.38 bits per heavy atom. The second-order valence-corrected chi connectivity index (χ2v) is 6.38. The standard InChI is InChI=1S/C16H25N5/c1-11(2)8-19-13-9-20-16-15(13)14(5-6-18-16)21-7-3-4-12(17)10-21/h5-6,9,11-12,19H,3-4,7-8,10,17H2,1-2H3,(H,18,20)/t12-/m1/s1. The van der Waals surface area contributed by atoms with Crippen LogP contribution in [0.2, 0.25) is 0 Å². The van der Waals surface area contributed by atoms with Gasteiger partial charge in [-0.05, 0) is 24.8 Å². The van der Waals surface area contributed by atoms with E-state index in [2.05, 4.69) is 40.1 Å². The highest BCUT2D eigenvalue weighted by Crippen LogP contribution is 2.33.